The third-order valence-corrected chi connectivity index (χ3v) is 6.99. The van der Waals surface area contributed by atoms with E-state index >= 15 is 0 Å². The van der Waals surface area contributed by atoms with Gasteiger partial charge in [-0.2, -0.15) is 4.98 Å². The molecule has 12 heteroatoms. The van der Waals surface area contributed by atoms with Gasteiger partial charge in [-0.25, -0.2) is 4.98 Å². The molecule has 0 saturated carbocycles. The van der Waals surface area contributed by atoms with E-state index in [1.165, 1.54) is 22.7 Å². The number of hydrogen-bond acceptors (Lipinski definition) is 10. The number of thiophene rings is 1. The number of ether oxygens (including phenoxy) is 2. The number of anilines is 1. The Balaban J connectivity index is 1.48. The first-order valence-corrected chi connectivity index (χ1v) is 11.4. The van der Waals surface area contributed by atoms with Gasteiger partial charge < -0.3 is 19.7 Å². The first kappa shape index (κ1) is 21.5. The lowest BCUT2D eigenvalue weighted by Gasteiger charge is -2.31. The molecule has 0 spiro atoms. The lowest BCUT2D eigenvalue weighted by Crippen LogP contribution is -2.41. The zero-order valence-corrected chi connectivity index (χ0v) is 19.0. The van der Waals surface area contributed by atoms with Crippen LogP contribution in [0.2, 0.25) is 0 Å². The number of hydrogen-bond donors (Lipinski definition) is 1. The summed E-state index contributed by atoms with van der Waals surface area (Å²) in [6, 6.07) is 0. The van der Waals surface area contributed by atoms with E-state index < -0.39 is 0 Å². The van der Waals surface area contributed by atoms with Crippen molar-refractivity contribution in [2.45, 2.75) is 26.4 Å². The Morgan fingerprint density at radius 1 is 1.26 bits per heavy atom. The van der Waals surface area contributed by atoms with Gasteiger partial charge in [-0.3, -0.25) is 9.59 Å². The Hall–Kier alpha value is -2.70. The van der Waals surface area contributed by atoms with Crippen LogP contribution in [0, 0.1) is 12.8 Å². The summed E-state index contributed by atoms with van der Waals surface area (Å²) >= 11 is 2.62. The van der Waals surface area contributed by atoms with Gasteiger partial charge in [0.1, 0.15) is 16.9 Å². The van der Waals surface area contributed by atoms with E-state index in [2.05, 4.69) is 25.5 Å². The Kier molecular flexibility index (Phi) is 6.39. The summed E-state index contributed by atoms with van der Waals surface area (Å²) in [5, 5.41) is 11.6. The lowest BCUT2D eigenvalue weighted by molar-refractivity contribution is -0.121. The van der Waals surface area contributed by atoms with Gasteiger partial charge in [-0.05, 0) is 25.3 Å². The van der Waals surface area contributed by atoms with E-state index in [4.69, 9.17) is 9.47 Å². The molecule has 3 aromatic heterocycles. The molecule has 0 atom stereocenters. The van der Waals surface area contributed by atoms with Crippen LogP contribution in [0.4, 0.5) is 5.13 Å². The van der Waals surface area contributed by atoms with Crippen LogP contribution < -0.4 is 10.1 Å². The number of carbonyl (C=O) groups excluding carboxylic acids is 2. The fourth-order valence-corrected chi connectivity index (χ4v) is 5.22. The maximum Gasteiger partial charge on any atom is 0.264 e. The number of methoxy groups -OCH3 is 2. The number of rotatable bonds is 6. The second kappa shape index (κ2) is 9.20. The van der Waals surface area contributed by atoms with E-state index in [-0.39, 0.29) is 24.3 Å². The van der Waals surface area contributed by atoms with Crippen LogP contribution in [0.3, 0.4) is 0 Å². The highest BCUT2D eigenvalue weighted by molar-refractivity contribution is 7.20. The number of nitrogens with one attached hydrogen (secondary N) is 1. The van der Waals surface area contributed by atoms with Crippen LogP contribution in [-0.4, -0.2) is 64.2 Å². The van der Waals surface area contributed by atoms with Crippen molar-refractivity contribution in [3.63, 3.8) is 0 Å². The predicted molar refractivity (Wildman–Crippen MR) is 117 cm³/mol. The molecule has 2 amide bonds. The summed E-state index contributed by atoms with van der Waals surface area (Å²) in [4.78, 5) is 37.7. The third kappa shape index (κ3) is 4.36. The molecule has 0 bridgehead atoms. The average Bonchev–Trinajstić information content (AvgIpc) is 3.41. The number of nitrogens with zero attached hydrogens (tertiary/aromatic N) is 5. The van der Waals surface area contributed by atoms with Gasteiger partial charge >= 0.3 is 0 Å². The van der Waals surface area contributed by atoms with Gasteiger partial charge in [0.25, 0.3) is 5.91 Å². The topological polar surface area (TPSA) is 119 Å². The second-order valence-electron chi connectivity index (χ2n) is 7.12. The Bertz CT molecular complexity index is 1090. The van der Waals surface area contributed by atoms with Crippen molar-refractivity contribution in [1.29, 1.82) is 0 Å². The number of amides is 2. The summed E-state index contributed by atoms with van der Waals surface area (Å²) in [7, 11) is 3.13. The summed E-state index contributed by atoms with van der Waals surface area (Å²) in [6.45, 7) is 3.17. The van der Waals surface area contributed by atoms with E-state index in [1.807, 2.05) is 6.92 Å². The van der Waals surface area contributed by atoms with Crippen LogP contribution in [-0.2, 0) is 16.1 Å². The molecule has 164 valence electrons. The standard InChI is InChI=1S/C19H22N6O4S2/c1-10-13-16(29-3)21-12(8-28-2)22-17(13)31-14(10)18(27)25-6-4-11(5-7-25)15(26)23-19-24-20-9-30-19/h9,11H,4-8H2,1-3H3,(H,23,24,26). The van der Waals surface area contributed by atoms with Crippen molar-refractivity contribution in [3.8, 4) is 5.88 Å². The maximum absolute atomic E-state index is 13.2. The summed E-state index contributed by atoms with van der Waals surface area (Å²) < 4.78 is 10.6. The number of aryl methyl sites for hydroxylation is 1. The van der Waals surface area contributed by atoms with Gasteiger partial charge in [-0.15, -0.1) is 21.5 Å². The Morgan fingerprint density at radius 3 is 2.68 bits per heavy atom. The quantitative estimate of drug-likeness (QED) is 0.593. The third-order valence-electron chi connectivity index (χ3n) is 5.21. The molecule has 1 N–H and O–H groups in total. The first-order chi connectivity index (χ1) is 15.0. The number of likely N-dealkylation sites (tertiary alicyclic amines) is 1. The van der Waals surface area contributed by atoms with Crippen molar-refractivity contribution in [2.75, 3.05) is 32.6 Å². The van der Waals surface area contributed by atoms with Crippen molar-refractivity contribution < 1.29 is 19.1 Å². The Labute approximate surface area is 186 Å². The first-order valence-electron chi connectivity index (χ1n) is 9.71. The molecule has 1 fully saturated rings. The Morgan fingerprint density at radius 2 is 2.03 bits per heavy atom. The highest BCUT2D eigenvalue weighted by Gasteiger charge is 2.30. The summed E-state index contributed by atoms with van der Waals surface area (Å²) in [5.41, 5.74) is 2.38. The van der Waals surface area contributed by atoms with Gasteiger partial charge in [-0.1, -0.05) is 11.3 Å². The fourth-order valence-electron chi connectivity index (χ4n) is 3.61. The van der Waals surface area contributed by atoms with Crippen LogP contribution in [0.5, 0.6) is 5.88 Å². The van der Waals surface area contributed by atoms with Gasteiger partial charge in [0.05, 0.1) is 17.4 Å². The molecule has 10 nitrogen and oxygen atoms in total. The van der Waals surface area contributed by atoms with Gasteiger partial charge in [0, 0.05) is 26.1 Å². The summed E-state index contributed by atoms with van der Waals surface area (Å²) in [5.74, 6) is 0.664. The van der Waals surface area contributed by atoms with Crippen molar-refractivity contribution in [2.24, 2.45) is 5.92 Å². The van der Waals surface area contributed by atoms with Crippen molar-refractivity contribution >= 4 is 49.8 Å². The molecule has 0 unspecified atom stereocenters. The fraction of sp³-hybridized carbons (Fsp3) is 0.474. The van der Waals surface area contributed by atoms with E-state index in [0.717, 1.165) is 10.9 Å². The second-order valence-corrected chi connectivity index (χ2v) is 8.95. The largest absolute Gasteiger partial charge is 0.480 e. The zero-order valence-electron chi connectivity index (χ0n) is 17.4. The molecule has 1 aliphatic heterocycles. The van der Waals surface area contributed by atoms with Crippen LogP contribution in [0.15, 0.2) is 5.51 Å². The van der Waals surface area contributed by atoms with E-state index in [1.54, 1.807) is 24.6 Å². The lowest BCUT2D eigenvalue weighted by atomic mass is 9.95. The maximum atomic E-state index is 13.2. The molecule has 4 rings (SSSR count). The minimum Gasteiger partial charge on any atom is -0.480 e. The minimum absolute atomic E-state index is 0.0566. The number of fused-ring (bicyclic) bond motifs is 1. The molecule has 1 saturated heterocycles. The molecule has 0 aromatic carbocycles. The number of carbonyl (C=O) groups is 2. The molecular formula is C19H22N6O4S2. The van der Waals surface area contributed by atoms with E-state index in [9.17, 15) is 9.59 Å². The van der Waals surface area contributed by atoms with E-state index in [0.29, 0.717) is 52.5 Å². The normalized spacial score (nSPS) is 14.7. The molecule has 0 radical (unpaired) electrons. The smallest absolute Gasteiger partial charge is 0.264 e. The van der Waals surface area contributed by atoms with Gasteiger partial charge in [0.2, 0.25) is 16.9 Å². The molecule has 4 heterocycles. The molecule has 3 aromatic rings. The predicted octanol–water partition coefficient (Wildman–Crippen LogP) is 2.50. The van der Waals surface area contributed by atoms with Crippen molar-refractivity contribution in [3.05, 3.63) is 21.8 Å². The minimum atomic E-state index is -0.154. The number of piperidine rings is 1. The van der Waals surface area contributed by atoms with Gasteiger partial charge in [0.15, 0.2) is 5.82 Å². The van der Waals surface area contributed by atoms with Crippen LogP contribution >= 0.6 is 22.7 Å². The molecular weight excluding hydrogens is 440 g/mol. The monoisotopic (exact) mass is 462 g/mol. The highest BCUT2D eigenvalue weighted by atomic mass is 32.1. The van der Waals surface area contributed by atoms with Crippen molar-refractivity contribution in [1.82, 2.24) is 25.1 Å². The summed E-state index contributed by atoms with van der Waals surface area (Å²) in [6.07, 6.45) is 1.20. The molecule has 1 aliphatic rings. The highest BCUT2D eigenvalue weighted by Crippen LogP contribution is 2.36. The van der Waals surface area contributed by atoms with Crippen LogP contribution in [0.1, 0.15) is 33.9 Å². The zero-order chi connectivity index (χ0) is 22.0. The number of aromatic nitrogens is 4. The van der Waals surface area contributed by atoms with Crippen LogP contribution in [0.25, 0.3) is 10.2 Å². The molecule has 31 heavy (non-hydrogen) atoms. The SMILES string of the molecule is COCc1nc(OC)c2c(C)c(C(=O)N3CCC(C(=O)Nc4nncs4)CC3)sc2n1. The average molecular weight is 463 g/mol. The molecule has 0 aliphatic carbocycles.